The second kappa shape index (κ2) is 12.9. The van der Waals surface area contributed by atoms with E-state index in [1.165, 1.54) is 0 Å². The number of aromatic nitrogens is 2. The summed E-state index contributed by atoms with van der Waals surface area (Å²) in [5, 5.41) is 11.1. The Morgan fingerprint density at radius 3 is 2.48 bits per heavy atom. The average Bonchev–Trinajstić information content (AvgIpc) is 3.56. The lowest BCUT2D eigenvalue weighted by Gasteiger charge is -2.30. The first-order chi connectivity index (χ1) is 20.6. The molecule has 0 atom stereocenters. The number of amides is 1. The molecule has 214 valence electrons. The third-order valence-electron chi connectivity index (χ3n) is 7.70. The molecule has 0 aliphatic carbocycles. The van der Waals surface area contributed by atoms with Crippen LogP contribution < -0.4 is 20.9 Å². The molecule has 1 amide bonds. The van der Waals surface area contributed by atoms with Gasteiger partial charge < -0.3 is 25.3 Å². The van der Waals surface area contributed by atoms with Gasteiger partial charge in [0, 0.05) is 23.5 Å². The van der Waals surface area contributed by atoms with Crippen LogP contribution >= 0.6 is 0 Å². The third kappa shape index (κ3) is 6.61. The first kappa shape index (κ1) is 27.5. The predicted octanol–water partition coefficient (Wildman–Crippen LogP) is 6.29. The Labute approximate surface area is 246 Å². The Kier molecular flexibility index (Phi) is 8.42. The van der Waals surface area contributed by atoms with E-state index in [0.29, 0.717) is 25.6 Å². The number of benzene rings is 3. The van der Waals surface area contributed by atoms with Gasteiger partial charge in [-0.05, 0) is 80.4 Å². The number of hydrogen-bond donors (Lipinski definition) is 3. The molecule has 8 heteroatoms. The largest absolute Gasteiger partial charge is 0.467 e. The zero-order valence-electron chi connectivity index (χ0n) is 23.8. The smallest absolute Gasteiger partial charge is 0.230 e. The SMILES string of the molecule is Cc1ccc2nc(NCc3ccco3)nc(NCc3ccc(N(Cc4ccccc4)C(=O)C4CCNCC4)cc3)c2c1. The number of anilines is 3. The number of carbonyl (C=O) groups excluding carboxylic acids is 1. The van der Waals surface area contributed by atoms with E-state index >= 15 is 0 Å². The molecule has 0 bridgehead atoms. The van der Waals surface area contributed by atoms with E-state index in [1.807, 2.05) is 41.3 Å². The van der Waals surface area contributed by atoms with Gasteiger partial charge in [0.2, 0.25) is 11.9 Å². The normalized spacial score (nSPS) is 13.6. The number of nitrogens with one attached hydrogen (secondary N) is 3. The minimum Gasteiger partial charge on any atom is -0.467 e. The fraction of sp³-hybridized carbons (Fsp3) is 0.265. The summed E-state index contributed by atoms with van der Waals surface area (Å²) in [6, 6.07) is 28.4. The summed E-state index contributed by atoms with van der Waals surface area (Å²) < 4.78 is 5.44. The van der Waals surface area contributed by atoms with Crippen molar-refractivity contribution in [1.82, 2.24) is 15.3 Å². The summed E-state index contributed by atoms with van der Waals surface area (Å²) in [5.74, 6) is 2.36. The van der Waals surface area contributed by atoms with Crippen LogP contribution in [0.1, 0.15) is 35.3 Å². The maximum atomic E-state index is 13.7. The Bertz CT molecular complexity index is 1610. The van der Waals surface area contributed by atoms with Gasteiger partial charge in [-0.2, -0.15) is 4.98 Å². The molecule has 3 aromatic carbocycles. The summed E-state index contributed by atoms with van der Waals surface area (Å²) in [6.07, 6.45) is 3.40. The highest BCUT2D eigenvalue weighted by Gasteiger charge is 2.27. The third-order valence-corrected chi connectivity index (χ3v) is 7.70. The van der Waals surface area contributed by atoms with Gasteiger partial charge in [0.1, 0.15) is 11.6 Å². The molecule has 1 aliphatic rings. The lowest BCUT2D eigenvalue weighted by Crippen LogP contribution is -2.40. The number of hydrogen-bond acceptors (Lipinski definition) is 7. The van der Waals surface area contributed by atoms with Gasteiger partial charge in [0.05, 0.1) is 24.9 Å². The monoisotopic (exact) mass is 560 g/mol. The van der Waals surface area contributed by atoms with Crippen molar-refractivity contribution in [3.8, 4) is 0 Å². The molecule has 42 heavy (non-hydrogen) atoms. The number of furan rings is 1. The van der Waals surface area contributed by atoms with Crippen molar-refractivity contribution < 1.29 is 9.21 Å². The average molecular weight is 561 g/mol. The van der Waals surface area contributed by atoms with Crippen LogP contribution in [0.25, 0.3) is 10.9 Å². The highest BCUT2D eigenvalue weighted by molar-refractivity contribution is 5.95. The van der Waals surface area contributed by atoms with E-state index in [4.69, 9.17) is 14.4 Å². The molecule has 1 saturated heterocycles. The number of carbonyl (C=O) groups is 1. The Balaban J connectivity index is 1.20. The minimum absolute atomic E-state index is 0.0430. The summed E-state index contributed by atoms with van der Waals surface area (Å²) in [5.41, 5.74) is 5.14. The van der Waals surface area contributed by atoms with Crippen molar-refractivity contribution in [2.75, 3.05) is 28.6 Å². The maximum Gasteiger partial charge on any atom is 0.230 e. The summed E-state index contributed by atoms with van der Waals surface area (Å²) in [6.45, 7) is 5.48. The van der Waals surface area contributed by atoms with E-state index in [-0.39, 0.29) is 11.8 Å². The standard InChI is InChI=1S/C34H36N6O2/c1-24-9-14-31-30(20-24)32(39-34(38-31)37-22-29-8-5-19-42-29)36-21-25-10-12-28(13-11-25)40(23-26-6-3-2-4-7-26)33(41)27-15-17-35-18-16-27/h2-14,19-20,27,35H,15-18,21-23H2,1H3,(H2,36,37,38,39). The fourth-order valence-corrected chi connectivity index (χ4v) is 5.37. The number of fused-ring (bicyclic) bond motifs is 1. The number of rotatable bonds is 10. The zero-order chi connectivity index (χ0) is 28.7. The topological polar surface area (TPSA) is 95.3 Å². The molecular formula is C34H36N6O2. The van der Waals surface area contributed by atoms with E-state index in [1.54, 1.807) is 6.26 Å². The van der Waals surface area contributed by atoms with Gasteiger partial charge in [-0.3, -0.25) is 4.79 Å². The quantitative estimate of drug-likeness (QED) is 0.185. The van der Waals surface area contributed by atoms with E-state index in [2.05, 4.69) is 71.4 Å². The van der Waals surface area contributed by atoms with Crippen LogP contribution in [0.2, 0.25) is 0 Å². The minimum atomic E-state index is 0.0430. The van der Waals surface area contributed by atoms with Crippen molar-refractivity contribution >= 4 is 34.3 Å². The fourth-order valence-electron chi connectivity index (χ4n) is 5.37. The van der Waals surface area contributed by atoms with Gasteiger partial charge in [-0.25, -0.2) is 4.98 Å². The molecule has 6 rings (SSSR count). The molecule has 5 aromatic rings. The van der Waals surface area contributed by atoms with Gasteiger partial charge in [0.25, 0.3) is 0 Å². The first-order valence-electron chi connectivity index (χ1n) is 14.6. The second-order valence-electron chi connectivity index (χ2n) is 10.8. The highest BCUT2D eigenvalue weighted by atomic mass is 16.3. The molecule has 0 saturated carbocycles. The molecule has 8 nitrogen and oxygen atoms in total. The van der Waals surface area contributed by atoms with E-state index in [0.717, 1.165) is 70.8 Å². The van der Waals surface area contributed by atoms with Crippen LogP contribution in [0.4, 0.5) is 17.5 Å². The summed E-state index contributed by atoms with van der Waals surface area (Å²) in [4.78, 5) is 25.1. The van der Waals surface area contributed by atoms with Crippen molar-refractivity contribution in [1.29, 1.82) is 0 Å². The van der Waals surface area contributed by atoms with Crippen molar-refractivity contribution in [3.05, 3.63) is 114 Å². The zero-order valence-corrected chi connectivity index (χ0v) is 23.8. The van der Waals surface area contributed by atoms with Crippen LogP contribution in [-0.2, 0) is 24.4 Å². The van der Waals surface area contributed by atoms with Crippen LogP contribution in [0, 0.1) is 12.8 Å². The van der Waals surface area contributed by atoms with Crippen molar-refractivity contribution in [3.63, 3.8) is 0 Å². The second-order valence-corrected chi connectivity index (χ2v) is 10.8. The Morgan fingerprint density at radius 2 is 1.71 bits per heavy atom. The molecule has 2 aromatic heterocycles. The van der Waals surface area contributed by atoms with Gasteiger partial charge in [0.15, 0.2) is 0 Å². The molecule has 1 aliphatic heterocycles. The molecule has 3 heterocycles. The maximum absolute atomic E-state index is 13.7. The van der Waals surface area contributed by atoms with Crippen LogP contribution in [0.15, 0.2) is 95.6 Å². The Hall–Kier alpha value is -4.69. The number of aryl methyl sites for hydroxylation is 1. The molecular weight excluding hydrogens is 524 g/mol. The molecule has 0 unspecified atom stereocenters. The van der Waals surface area contributed by atoms with Crippen LogP contribution in [0.3, 0.4) is 0 Å². The van der Waals surface area contributed by atoms with Crippen molar-refractivity contribution in [2.45, 2.75) is 39.4 Å². The lowest BCUT2D eigenvalue weighted by molar-refractivity contribution is -0.123. The molecule has 1 fully saturated rings. The molecule has 3 N–H and O–H groups in total. The molecule has 0 radical (unpaired) electrons. The number of nitrogens with zero attached hydrogens (tertiary/aromatic N) is 3. The summed E-state index contributed by atoms with van der Waals surface area (Å²) >= 11 is 0. The van der Waals surface area contributed by atoms with Gasteiger partial charge in [-0.15, -0.1) is 0 Å². The van der Waals surface area contributed by atoms with E-state index in [9.17, 15) is 4.79 Å². The molecule has 0 spiro atoms. The Morgan fingerprint density at radius 1 is 0.905 bits per heavy atom. The first-order valence-corrected chi connectivity index (χ1v) is 14.6. The van der Waals surface area contributed by atoms with Crippen molar-refractivity contribution in [2.24, 2.45) is 5.92 Å². The highest BCUT2D eigenvalue weighted by Crippen LogP contribution is 2.26. The predicted molar refractivity (Wildman–Crippen MR) is 167 cm³/mol. The lowest BCUT2D eigenvalue weighted by atomic mass is 9.96. The van der Waals surface area contributed by atoms with Gasteiger partial charge in [-0.1, -0.05) is 54.1 Å². The van der Waals surface area contributed by atoms with E-state index < -0.39 is 0 Å². The van der Waals surface area contributed by atoms with Crippen LogP contribution in [0.5, 0.6) is 0 Å². The van der Waals surface area contributed by atoms with Crippen LogP contribution in [-0.4, -0.2) is 29.0 Å². The summed E-state index contributed by atoms with van der Waals surface area (Å²) in [7, 11) is 0. The van der Waals surface area contributed by atoms with Gasteiger partial charge >= 0.3 is 0 Å². The number of piperidine rings is 1.